The lowest BCUT2D eigenvalue weighted by Crippen LogP contribution is -2.48. The van der Waals surface area contributed by atoms with Crippen molar-refractivity contribution in [3.8, 4) is 5.75 Å². The minimum atomic E-state index is -3.18. The lowest BCUT2D eigenvalue weighted by Gasteiger charge is -2.30. The summed E-state index contributed by atoms with van der Waals surface area (Å²) in [7, 11) is -3.18. The number of amides is 1. The van der Waals surface area contributed by atoms with Gasteiger partial charge in [0.2, 0.25) is 5.91 Å². The second kappa shape index (κ2) is 6.87. The molecular weight excluding hydrogens is 326 g/mol. The van der Waals surface area contributed by atoms with Gasteiger partial charge in [0.1, 0.15) is 5.75 Å². The first-order chi connectivity index (χ1) is 10.3. The number of carbonyl (C=O) groups excluding carboxylic acids is 1. The average Bonchev–Trinajstić information content (AvgIpc) is 2.41. The fourth-order valence-electron chi connectivity index (χ4n) is 2.88. The van der Waals surface area contributed by atoms with Gasteiger partial charge in [0.05, 0.1) is 11.7 Å². The van der Waals surface area contributed by atoms with Crippen LogP contribution < -0.4 is 5.32 Å². The minimum Gasteiger partial charge on any atom is -0.508 e. The quantitative estimate of drug-likeness (QED) is 0.875. The van der Waals surface area contributed by atoms with Crippen molar-refractivity contribution >= 4 is 27.3 Å². The molecule has 0 unspecified atom stereocenters. The Labute approximate surface area is 135 Å². The van der Waals surface area contributed by atoms with Gasteiger partial charge in [0.25, 0.3) is 0 Å². The van der Waals surface area contributed by atoms with Crippen LogP contribution in [-0.2, 0) is 21.1 Å². The van der Waals surface area contributed by atoms with Gasteiger partial charge < -0.3 is 10.4 Å². The fourth-order valence-corrected chi connectivity index (χ4v) is 4.52. The molecular formula is C15H20ClNO4S. The molecule has 7 heteroatoms. The predicted molar refractivity (Wildman–Crippen MR) is 85.9 cm³/mol. The summed E-state index contributed by atoms with van der Waals surface area (Å²) in [6, 6.07) is 4.09. The second-order valence-corrected chi connectivity index (χ2v) is 8.45. The van der Waals surface area contributed by atoms with E-state index < -0.39 is 15.1 Å². The molecule has 1 aliphatic rings. The van der Waals surface area contributed by atoms with E-state index in [2.05, 4.69) is 5.32 Å². The lowest BCUT2D eigenvalue weighted by molar-refractivity contribution is -0.121. The van der Waals surface area contributed by atoms with Crippen molar-refractivity contribution in [3.05, 3.63) is 28.8 Å². The van der Waals surface area contributed by atoms with Gasteiger partial charge >= 0.3 is 0 Å². The van der Waals surface area contributed by atoms with Crippen molar-refractivity contribution in [2.75, 3.05) is 6.26 Å². The van der Waals surface area contributed by atoms with Crippen molar-refractivity contribution in [3.63, 3.8) is 0 Å². The first-order valence-corrected chi connectivity index (χ1v) is 9.56. The Morgan fingerprint density at radius 1 is 1.36 bits per heavy atom. The Bertz CT molecular complexity index is 660. The van der Waals surface area contributed by atoms with Gasteiger partial charge in [0, 0.05) is 17.3 Å². The molecule has 1 amide bonds. The molecule has 0 bridgehead atoms. The monoisotopic (exact) mass is 345 g/mol. The van der Waals surface area contributed by atoms with E-state index >= 15 is 0 Å². The number of rotatable bonds is 4. The molecule has 0 radical (unpaired) electrons. The summed E-state index contributed by atoms with van der Waals surface area (Å²) in [4.78, 5) is 12.2. The van der Waals surface area contributed by atoms with Crippen LogP contribution in [0.3, 0.4) is 0 Å². The van der Waals surface area contributed by atoms with Crippen molar-refractivity contribution in [2.45, 2.75) is 43.4 Å². The summed E-state index contributed by atoms with van der Waals surface area (Å²) in [6.45, 7) is 0. The highest BCUT2D eigenvalue weighted by Crippen LogP contribution is 2.25. The molecule has 0 saturated heterocycles. The van der Waals surface area contributed by atoms with Gasteiger partial charge in [-0.15, -0.1) is 0 Å². The van der Waals surface area contributed by atoms with Gasteiger partial charge in [-0.3, -0.25) is 4.79 Å². The van der Waals surface area contributed by atoms with Crippen LogP contribution in [-0.4, -0.2) is 37.0 Å². The summed E-state index contributed by atoms with van der Waals surface area (Å²) in [5.41, 5.74) is 0.601. The molecule has 0 aliphatic heterocycles. The average molecular weight is 346 g/mol. The van der Waals surface area contributed by atoms with Crippen molar-refractivity contribution in [2.24, 2.45) is 0 Å². The van der Waals surface area contributed by atoms with E-state index in [-0.39, 0.29) is 24.1 Å². The number of benzene rings is 1. The largest absolute Gasteiger partial charge is 0.508 e. The van der Waals surface area contributed by atoms with E-state index in [1.165, 1.54) is 18.4 Å². The predicted octanol–water partition coefficient (Wildman–Crippen LogP) is 2.06. The molecule has 5 nitrogen and oxygen atoms in total. The van der Waals surface area contributed by atoms with E-state index in [0.717, 1.165) is 12.8 Å². The number of nitrogens with one attached hydrogen (secondary N) is 1. The van der Waals surface area contributed by atoms with Crippen LogP contribution in [0, 0.1) is 0 Å². The first-order valence-electron chi connectivity index (χ1n) is 7.23. The Kier molecular flexibility index (Phi) is 5.34. The van der Waals surface area contributed by atoms with E-state index in [4.69, 9.17) is 11.6 Å². The SMILES string of the molecule is CS(=O)(=O)[C@@H]1CCCC[C@H]1NC(=O)Cc1ccc(O)cc1Cl. The number of halogens is 1. The Morgan fingerprint density at radius 2 is 2.05 bits per heavy atom. The molecule has 2 rings (SSSR count). The molecule has 1 saturated carbocycles. The van der Waals surface area contributed by atoms with E-state index in [1.807, 2.05) is 0 Å². The second-order valence-electron chi connectivity index (χ2n) is 5.78. The number of hydrogen-bond donors (Lipinski definition) is 2. The maximum absolute atomic E-state index is 12.2. The maximum Gasteiger partial charge on any atom is 0.224 e. The maximum atomic E-state index is 12.2. The van der Waals surface area contributed by atoms with Gasteiger partial charge in [0.15, 0.2) is 9.84 Å². The molecule has 0 aromatic heterocycles. The van der Waals surface area contributed by atoms with Crippen LogP contribution in [0.15, 0.2) is 18.2 Å². The summed E-state index contributed by atoms with van der Waals surface area (Å²) in [5, 5.41) is 11.9. The standard InChI is InChI=1S/C15H20ClNO4S/c1-22(20,21)14-5-3-2-4-13(14)17-15(19)8-10-6-7-11(18)9-12(10)16/h6-7,9,13-14,18H,2-5,8H2,1H3,(H,17,19)/t13-,14-/m1/s1. The Hall–Kier alpha value is -1.27. The number of hydrogen-bond acceptors (Lipinski definition) is 4. The zero-order valence-corrected chi connectivity index (χ0v) is 14.0. The van der Waals surface area contributed by atoms with Crippen LogP contribution >= 0.6 is 11.6 Å². The number of phenols is 1. The van der Waals surface area contributed by atoms with Gasteiger partial charge in [-0.2, -0.15) is 0 Å². The number of carbonyl (C=O) groups is 1. The Balaban J connectivity index is 2.04. The molecule has 1 aromatic carbocycles. The molecule has 122 valence electrons. The van der Waals surface area contributed by atoms with E-state index in [9.17, 15) is 18.3 Å². The molecule has 1 fully saturated rings. The van der Waals surface area contributed by atoms with Crippen LogP contribution in [0.25, 0.3) is 0 Å². The number of sulfone groups is 1. The topological polar surface area (TPSA) is 83.5 Å². The third kappa shape index (κ3) is 4.36. The highest BCUT2D eigenvalue weighted by atomic mass is 35.5. The highest BCUT2D eigenvalue weighted by Gasteiger charge is 2.33. The third-order valence-electron chi connectivity index (χ3n) is 3.99. The highest BCUT2D eigenvalue weighted by molar-refractivity contribution is 7.91. The molecule has 0 heterocycles. The lowest BCUT2D eigenvalue weighted by atomic mass is 9.94. The Morgan fingerprint density at radius 3 is 2.68 bits per heavy atom. The normalized spacial score (nSPS) is 22.3. The van der Waals surface area contributed by atoms with Crippen LogP contribution in [0.2, 0.25) is 5.02 Å². The van der Waals surface area contributed by atoms with Crippen LogP contribution in [0.5, 0.6) is 5.75 Å². The minimum absolute atomic E-state index is 0.0404. The molecule has 2 atom stereocenters. The van der Waals surface area contributed by atoms with Crippen LogP contribution in [0.1, 0.15) is 31.2 Å². The zero-order valence-electron chi connectivity index (χ0n) is 12.4. The van der Waals surface area contributed by atoms with Crippen molar-refractivity contribution < 1.29 is 18.3 Å². The van der Waals surface area contributed by atoms with Crippen molar-refractivity contribution in [1.29, 1.82) is 0 Å². The van der Waals surface area contributed by atoms with Crippen LogP contribution in [0.4, 0.5) is 0 Å². The number of aromatic hydroxyl groups is 1. The van der Waals surface area contributed by atoms with Crippen molar-refractivity contribution in [1.82, 2.24) is 5.32 Å². The molecule has 0 spiro atoms. The summed E-state index contributed by atoms with van der Waals surface area (Å²) >= 11 is 5.98. The van der Waals surface area contributed by atoms with Gasteiger partial charge in [-0.05, 0) is 30.5 Å². The van der Waals surface area contributed by atoms with E-state index in [0.29, 0.717) is 23.4 Å². The molecule has 22 heavy (non-hydrogen) atoms. The fraction of sp³-hybridized carbons (Fsp3) is 0.533. The van der Waals surface area contributed by atoms with Gasteiger partial charge in [-0.25, -0.2) is 8.42 Å². The van der Waals surface area contributed by atoms with E-state index in [1.54, 1.807) is 6.07 Å². The molecule has 2 N–H and O–H groups in total. The number of phenolic OH excluding ortho intramolecular Hbond substituents is 1. The summed E-state index contributed by atoms with van der Waals surface area (Å²) in [5.74, 6) is -0.216. The molecule has 1 aliphatic carbocycles. The molecule has 1 aromatic rings. The zero-order chi connectivity index (χ0) is 16.3. The summed E-state index contributed by atoms with van der Waals surface area (Å²) < 4.78 is 23.7. The van der Waals surface area contributed by atoms with Gasteiger partial charge in [-0.1, -0.05) is 30.5 Å². The smallest absolute Gasteiger partial charge is 0.224 e. The summed E-state index contributed by atoms with van der Waals surface area (Å²) in [6.07, 6.45) is 4.33. The first kappa shape index (κ1) is 17.1. The third-order valence-corrected chi connectivity index (χ3v) is 6.00.